The number of anilines is 1. The lowest BCUT2D eigenvalue weighted by Gasteiger charge is -2.10. The van der Waals surface area contributed by atoms with E-state index in [1.807, 2.05) is 37.3 Å². The summed E-state index contributed by atoms with van der Waals surface area (Å²) in [6, 6.07) is 18.8. The molecule has 1 atom stereocenters. The van der Waals surface area contributed by atoms with Gasteiger partial charge in [-0.1, -0.05) is 49.7 Å². The largest absolute Gasteiger partial charge is 0.483 e. The SMILES string of the molecule is CC[C@@H](C)c1ccc2oc(-c3cc(NC(=O)COc4ccccc4C)ccc3Cl)nc2c1. The minimum absolute atomic E-state index is 0.0932. The number of halogens is 1. The van der Waals surface area contributed by atoms with E-state index in [0.717, 1.165) is 17.5 Å². The van der Waals surface area contributed by atoms with E-state index in [2.05, 4.69) is 36.3 Å². The predicted octanol–water partition coefficient (Wildman–Crippen LogP) is 6.99. The van der Waals surface area contributed by atoms with Crippen LogP contribution in [0.25, 0.3) is 22.6 Å². The zero-order valence-corrected chi connectivity index (χ0v) is 19.1. The zero-order chi connectivity index (χ0) is 22.7. The molecule has 0 saturated heterocycles. The number of oxazole rings is 1. The third-order valence-corrected chi connectivity index (χ3v) is 5.86. The first-order valence-electron chi connectivity index (χ1n) is 10.6. The third kappa shape index (κ3) is 4.78. The van der Waals surface area contributed by atoms with E-state index in [0.29, 0.717) is 39.4 Å². The second-order valence-electron chi connectivity index (χ2n) is 7.85. The summed E-state index contributed by atoms with van der Waals surface area (Å²) in [4.78, 5) is 17.0. The van der Waals surface area contributed by atoms with Gasteiger partial charge in [-0.15, -0.1) is 0 Å². The van der Waals surface area contributed by atoms with Crippen molar-refractivity contribution in [2.24, 2.45) is 0 Å². The van der Waals surface area contributed by atoms with Gasteiger partial charge in [0, 0.05) is 5.69 Å². The Morgan fingerprint density at radius 2 is 1.97 bits per heavy atom. The summed E-state index contributed by atoms with van der Waals surface area (Å²) in [5, 5.41) is 3.34. The first-order valence-corrected chi connectivity index (χ1v) is 11.0. The molecule has 0 aliphatic heterocycles. The number of hydrogen-bond donors (Lipinski definition) is 1. The molecule has 5 nitrogen and oxygen atoms in total. The normalized spacial score (nSPS) is 12.0. The highest BCUT2D eigenvalue weighted by Gasteiger charge is 2.15. The van der Waals surface area contributed by atoms with Crippen LogP contribution in [-0.2, 0) is 4.79 Å². The van der Waals surface area contributed by atoms with Gasteiger partial charge in [0.15, 0.2) is 12.2 Å². The number of hydrogen-bond acceptors (Lipinski definition) is 4. The van der Waals surface area contributed by atoms with Crippen molar-refractivity contribution in [1.82, 2.24) is 4.98 Å². The highest BCUT2D eigenvalue weighted by molar-refractivity contribution is 6.33. The average molecular weight is 449 g/mol. The molecule has 0 bridgehead atoms. The predicted molar refractivity (Wildman–Crippen MR) is 128 cm³/mol. The molecular formula is C26H25ClN2O3. The molecule has 0 radical (unpaired) electrons. The molecule has 32 heavy (non-hydrogen) atoms. The molecule has 0 aliphatic rings. The molecule has 164 valence electrons. The maximum atomic E-state index is 12.4. The third-order valence-electron chi connectivity index (χ3n) is 5.53. The number of carbonyl (C=O) groups is 1. The number of ether oxygens (including phenoxy) is 1. The van der Waals surface area contributed by atoms with Crippen LogP contribution < -0.4 is 10.1 Å². The van der Waals surface area contributed by atoms with Crippen molar-refractivity contribution < 1.29 is 13.9 Å². The average Bonchev–Trinajstić information content (AvgIpc) is 3.22. The summed E-state index contributed by atoms with van der Waals surface area (Å²) in [5.41, 5.74) is 4.89. The quantitative estimate of drug-likeness (QED) is 0.331. The van der Waals surface area contributed by atoms with Gasteiger partial charge in [-0.2, -0.15) is 0 Å². The molecule has 4 rings (SSSR count). The number of aromatic nitrogens is 1. The highest BCUT2D eigenvalue weighted by atomic mass is 35.5. The number of rotatable bonds is 7. The highest BCUT2D eigenvalue weighted by Crippen LogP contribution is 2.33. The number of amides is 1. The molecule has 0 fully saturated rings. The van der Waals surface area contributed by atoms with Crippen LogP contribution in [0.4, 0.5) is 5.69 Å². The Hall–Kier alpha value is -3.31. The van der Waals surface area contributed by atoms with Gasteiger partial charge in [-0.05, 0) is 66.8 Å². The summed E-state index contributed by atoms with van der Waals surface area (Å²) in [7, 11) is 0. The molecule has 6 heteroatoms. The van der Waals surface area contributed by atoms with E-state index in [4.69, 9.17) is 20.8 Å². The standard InChI is InChI=1S/C26H25ClN2O3/c1-4-16(2)18-9-12-24-22(13-18)29-26(32-24)20-14-19(10-11-21(20)27)28-25(30)15-31-23-8-6-5-7-17(23)3/h5-14,16H,4,15H2,1-3H3,(H,28,30)/t16-/m1/s1. The Bertz CT molecular complexity index is 1270. The first kappa shape index (κ1) is 21.9. The van der Waals surface area contributed by atoms with Crippen LogP contribution in [0.1, 0.15) is 37.3 Å². The van der Waals surface area contributed by atoms with Gasteiger partial charge in [0.2, 0.25) is 5.89 Å². The van der Waals surface area contributed by atoms with Crippen LogP contribution in [0.3, 0.4) is 0 Å². The van der Waals surface area contributed by atoms with E-state index < -0.39 is 0 Å². The van der Waals surface area contributed by atoms with Crippen molar-refractivity contribution in [3.63, 3.8) is 0 Å². The molecule has 0 unspecified atom stereocenters. The van der Waals surface area contributed by atoms with Crippen LogP contribution in [0.2, 0.25) is 5.02 Å². The lowest BCUT2D eigenvalue weighted by molar-refractivity contribution is -0.118. The molecule has 1 heterocycles. The van der Waals surface area contributed by atoms with Crippen LogP contribution in [-0.4, -0.2) is 17.5 Å². The van der Waals surface area contributed by atoms with Crippen molar-refractivity contribution in [2.75, 3.05) is 11.9 Å². The summed E-state index contributed by atoms with van der Waals surface area (Å²) < 4.78 is 11.6. The molecule has 3 aromatic carbocycles. The summed E-state index contributed by atoms with van der Waals surface area (Å²) in [6.45, 7) is 6.19. The fourth-order valence-corrected chi connectivity index (χ4v) is 3.63. The van der Waals surface area contributed by atoms with Gasteiger partial charge in [0.1, 0.15) is 11.3 Å². The Balaban J connectivity index is 1.52. The van der Waals surface area contributed by atoms with Crippen LogP contribution in [0.15, 0.2) is 65.1 Å². The van der Waals surface area contributed by atoms with Gasteiger partial charge in [0.25, 0.3) is 5.91 Å². The van der Waals surface area contributed by atoms with E-state index in [-0.39, 0.29) is 12.5 Å². The minimum Gasteiger partial charge on any atom is -0.483 e. The zero-order valence-electron chi connectivity index (χ0n) is 18.3. The minimum atomic E-state index is -0.266. The van der Waals surface area contributed by atoms with Gasteiger partial charge in [-0.3, -0.25) is 4.79 Å². The van der Waals surface area contributed by atoms with Crippen molar-refractivity contribution in [1.29, 1.82) is 0 Å². The Morgan fingerprint density at radius 1 is 1.16 bits per heavy atom. The van der Waals surface area contributed by atoms with E-state index in [1.54, 1.807) is 18.2 Å². The topological polar surface area (TPSA) is 64.4 Å². The fraction of sp³-hybridized carbons (Fsp3) is 0.231. The van der Waals surface area contributed by atoms with Crippen LogP contribution >= 0.6 is 11.6 Å². The summed E-state index contributed by atoms with van der Waals surface area (Å²) >= 11 is 6.42. The van der Waals surface area contributed by atoms with E-state index in [9.17, 15) is 4.79 Å². The lowest BCUT2D eigenvalue weighted by Crippen LogP contribution is -2.20. The van der Waals surface area contributed by atoms with Crippen molar-refractivity contribution >= 4 is 34.3 Å². The first-order chi connectivity index (χ1) is 15.4. The maximum Gasteiger partial charge on any atom is 0.262 e. The van der Waals surface area contributed by atoms with Crippen molar-refractivity contribution in [3.8, 4) is 17.2 Å². The second kappa shape index (κ2) is 9.45. The van der Waals surface area contributed by atoms with Crippen LogP contribution in [0.5, 0.6) is 5.75 Å². The van der Waals surface area contributed by atoms with Crippen molar-refractivity contribution in [2.45, 2.75) is 33.1 Å². The van der Waals surface area contributed by atoms with Crippen LogP contribution in [0, 0.1) is 6.92 Å². The number of benzene rings is 3. The Morgan fingerprint density at radius 3 is 2.75 bits per heavy atom. The molecule has 0 saturated carbocycles. The second-order valence-corrected chi connectivity index (χ2v) is 8.26. The molecular weight excluding hydrogens is 424 g/mol. The fourth-order valence-electron chi connectivity index (χ4n) is 3.43. The van der Waals surface area contributed by atoms with E-state index >= 15 is 0 Å². The number of fused-ring (bicyclic) bond motifs is 1. The molecule has 1 aromatic heterocycles. The van der Waals surface area contributed by atoms with Gasteiger partial charge < -0.3 is 14.5 Å². The molecule has 1 N–H and O–H groups in total. The van der Waals surface area contributed by atoms with Gasteiger partial charge in [0.05, 0.1) is 10.6 Å². The monoisotopic (exact) mass is 448 g/mol. The lowest BCUT2D eigenvalue weighted by atomic mass is 9.98. The Labute approximate surface area is 192 Å². The number of para-hydroxylation sites is 1. The number of carbonyl (C=O) groups excluding carboxylic acids is 1. The smallest absolute Gasteiger partial charge is 0.262 e. The summed E-state index contributed by atoms with van der Waals surface area (Å²) in [6.07, 6.45) is 1.05. The van der Waals surface area contributed by atoms with Gasteiger partial charge >= 0.3 is 0 Å². The number of aryl methyl sites for hydroxylation is 1. The molecule has 4 aromatic rings. The Kier molecular flexibility index (Phi) is 6.47. The van der Waals surface area contributed by atoms with Gasteiger partial charge in [-0.25, -0.2) is 4.98 Å². The number of nitrogens with zero attached hydrogens (tertiary/aromatic N) is 1. The summed E-state index contributed by atoms with van der Waals surface area (Å²) in [5.74, 6) is 1.28. The van der Waals surface area contributed by atoms with E-state index in [1.165, 1.54) is 5.56 Å². The number of nitrogens with one attached hydrogen (secondary N) is 1. The molecule has 0 spiro atoms. The van der Waals surface area contributed by atoms with Crippen molar-refractivity contribution in [3.05, 3.63) is 76.8 Å². The molecule has 1 amide bonds. The molecule has 0 aliphatic carbocycles. The maximum absolute atomic E-state index is 12.4.